The van der Waals surface area contributed by atoms with Gasteiger partial charge in [0.1, 0.15) is 23.9 Å². The summed E-state index contributed by atoms with van der Waals surface area (Å²) in [6.45, 7) is 4.08. The van der Waals surface area contributed by atoms with Gasteiger partial charge in [0.2, 0.25) is 0 Å². The molecule has 8 nitrogen and oxygen atoms in total. The number of nitrogens with one attached hydrogen (secondary N) is 1. The zero-order valence-corrected chi connectivity index (χ0v) is 20.7. The Morgan fingerprint density at radius 1 is 1.03 bits per heavy atom. The highest BCUT2D eigenvalue weighted by molar-refractivity contribution is 7.92. The van der Waals surface area contributed by atoms with Crippen molar-refractivity contribution in [3.63, 3.8) is 0 Å². The van der Waals surface area contributed by atoms with Gasteiger partial charge < -0.3 is 19.5 Å². The maximum atomic E-state index is 13.5. The van der Waals surface area contributed by atoms with Gasteiger partial charge in [0, 0.05) is 6.07 Å². The molecule has 1 aliphatic rings. The Morgan fingerprint density at radius 2 is 1.74 bits per heavy atom. The third-order valence-electron chi connectivity index (χ3n) is 5.60. The number of carbonyl (C=O) groups is 1. The fourth-order valence-electron chi connectivity index (χ4n) is 3.71. The highest BCUT2D eigenvalue weighted by Gasteiger charge is 2.37. The molecular formula is C26H28N2O6S. The van der Waals surface area contributed by atoms with Crippen LogP contribution in [0, 0.1) is 13.8 Å². The number of amides is 1. The molecule has 3 aromatic carbocycles. The zero-order valence-electron chi connectivity index (χ0n) is 19.9. The number of methoxy groups -OCH3 is 1. The molecule has 3 aromatic rings. The first-order chi connectivity index (χ1) is 16.8. The average Bonchev–Trinajstić information content (AvgIpc) is 2.86. The van der Waals surface area contributed by atoms with E-state index in [2.05, 4.69) is 5.32 Å². The second kappa shape index (κ2) is 10.3. The lowest BCUT2D eigenvalue weighted by Gasteiger charge is -2.35. The van der Waals surface area contributed by atoms with Gasteiger partial charge >= 0.3 is 0 Å². The van der Waals surface area contributed by atoms with E-state index < -0.39 is 22.0 Å². The largest absolute Gasteiger partial charge is 0.497 e. The lowest BCUT2D eigenvalue weighted by atomic mass is 10.1. The van der Waals surface area contributed by atoms with Crippen LogP contribution in [-0.4, -0.2) is 47.2 Å². The van der Waals surface area contributed by atoms with Gasteiger partial charge in [-0.05, 0) is 55.8 Å². The van der Waals surface area contributed by atoms with Gasteiger partial charge in [-0.3, -0.25) is 9.10 Å². The molecule has 0 radical (unpaired) electrons. The van der Waals surface area contributed by atoms with E-state index >= 15 is 0 Å². The van der Waals surface area contributed by atoms with E-state index in [9.17, 15) is 13.2 Å². The van der Waals surface area contributed by atoms with Crippen molar-refractivity contribution in [2.75, 3.05) is 31.1 Å². The molecule has 1 aliphatic heterocycles. The quantitative estimate of drug-likeness (QED) is 0.480. The highest BCUT2D eigenvalue weighted by Crippen LogP contribution is 2.37. The van der Waals surface area contributed by atoms with E-state index in [1.54, 1.807) is 55.6 Å². The predicted molar refractivity (Wildman–Crippen MR) is 133 cm³/mol. The summed E-state index contributed by atoms with van der Waals surface area (Å²) in [6, 6.07) is 19.0. The zero-order chi connectivity index (χ0) is 25.0. The van der Waals surface area contributed by atoms with Crippen molar-refractivity contribution in [2.45, 2.75) is 24.8 Å². The molecule has 184 valence electrons. The Bertz CT molecular complexity index is 1310. The van der Waals surface area contributed by atoms with Crippen LogP contribution in [0.1, 0.15) is 11.1 Å². The van der Waals surface area contributed by atoms with Crippen LogP contribution < -0.4 is 23.8 Å². The Morgan fingerprint density at radius 3 is 2.49 bits per heavy atom. The number of ether oxygens (including phenoxy) is 3. The van der Waals surface area contributed by atoms with Crippen molar-refractivity contribution in [3.8, 4) is 17.2 Å². The van der Waals surface area contributed by atoms with Crippen molar-refractivity contribution < 1.29 is 27.4 Å². The number of hydrogen-bond donors (Lipinski definition) is 1. The Hall–Kier alpha value is -3.72. The molecule has 0 saturated heterocycles. The van der Waals surface area contributed by atoms with Crippen LogP contribution in [0.25, 0.3) is 0 Å². The number of nitrogens with zero attached hydrogens (tertiary/aromatic N) is 1. The van der Waals surface area contributed by atoms with Crippen LogP contribution in [0.3, 0.4) is 0 Å². The molecule has 1 amide bonds. The Labute approximate surface area is 205 Å². The van der Waals surface area contributed by atoms with Crippen LogP contribution in [-0.2, 0) is 14.8 Å². The Balaban J connectivity index is 1.47. The van der Waals surface area contributed by atoms with E-state index in [0.29, 0.717) is 22.9 Å². The molecule has 1 atom stereocenters. The first kappa shape index (κ1) is 24.4. The summed E-state index contributed by atoms with van der Waals surface area (Å²) in [5.41, 5.74) is 2.25. The first-order valence-corrected chi connectivity index (χ1v) is 12.6. The minimum Gasteiger partial charge on any atom is -0.497 e. The van der Waals surface area contributed by atoms with Crippen LogP contribution in [0.4, 0.5) is 5.69 Å². The lowest BCUT2D eigenvalue weighted by molar-refractivity contribution is -0.127. The average molecular weight is 497 g/mol. The molecule has 0 aliphatic carbocycles. The Kier molecular flexibility index (Phi) is 7.16. The lowest BCUT2D eigenvalue weighted by Crippen LogP contribution is -2.51. The normalized spacial score (nSPS) is 15.1. The van der Waals surface area contributed by atoms with Crippen molar-refractivity contribution in [2.24, 2.45) is 0 Å². The van der Waals surface area contributed by atoms with Gasteiger partial charge in [-0.1, -0.05) is 29.8 Å². The fourth-order valence-corrected chi connectivity index (χ4v) is 5.19. The summed E-state index contributed by atoms with van der Waals surface area (Å²) in [7, 11) is -2.33. The summed E-state index contributed by atoms with van der Waals surface area (Å²) in [4.78, 5) is 13.1. The topological polar surface area (TPSA) is 94.2 Å². The molecule has 1 heterocycles. The van der Waals surface area contributed by atoms with E-state index in [4.69, 9.17) is 14.2 Å². The minimum atomic E-state index is -3.90. The third-order valence-corrected chi connectivity index (χ3v) is 7.39. The molecular weight excluding hydrogens is 468 g/mol. The van der Waals surface area contributed by atoms with Gasteiger partial charge in [-0.15, -0.1) is 0 Å². The molecule has 35 heavy (non-hydrogen) atoms. The standard InChI is InChI=1S/C26H28N2O6S/c1-18-7-10-22(11-8-18)35(30,31)28-17-25(34-24-15-19(2)9-12-23(24)28)26(29)27-13-14-33-21-6-4-5-20(16-21)32-3/h4-12,15-16,25H,13-14,17H2,1-3H3,(H,27,29)/t25-/m0/s1. The van der Waals surface area contributed by atoms with Gasteiger partial charge in [0.05, 0.1) is 30.8 Å². The molecule has 0 saturated carbocycles. The number of hydrogen-bond acceptors (Lipinski definition) is 6. The van der Waals surface area contributed by atoms with E-state index in [1.807, 2.05) is 32.0 Å². The maximum absolute atomic E-state index is 13.5. The monoisotopic (exact) mass is 496 g/mol. The van der Waals surface area contributed by atoms with Crippen molar-refractivity contribution in [1.29, 1.82) is 0 Å². The molecule has 0 spiro atoms. The number of carbonyl (C=O) groups excluding carboxylic acids is 1. The molecule has 1 N–H and O–H groups in total. The molecule has 0 aromatic heterocycles. The molecule has 0 unspecified atom stereocenters. The number of benzene rings is 3. The third kappa shape index (κ3) is 5.51. The molecule has 0 bridgehead atoms. The summed E-state index contributed by atoms with van der Waals surface area (Å²) in [6.07, 6.45) is -1.01. The van der Waals surface area contributed by atoms with E-state index in [-0.39, 0.29) is 24.6 Å². The van der Waals surface area contributed by atoms with Gasteiger partial charge in [0.25, 0.3) is 15.9 Å². The number of anilines is 1. The number of aryl methyl sites for hydroxylation is 2. The van der Waals surface area contributed by atoms with Crippen LogP contribution in [0.15, 0.2) is 71.6 Å². The summed E-state index contributed by atoms with van der Waals surface area (Å²) < 4.78 is 45.0. The fraction of sp³-hybridized carbons (Fsp3) is 0.269. The minimum absolute atomic E-state index is 0.144. The number of fused-ring (bicyclic) bond motifs is 1. The van der Waals surface area contributed by atoms with Crippen LogP contribution in [0.2, 0.25) is 0 Å². The number of sulfonamides is 1. The SMILES string of the molecule is COc1cccc(OCCNC(=O)[C@@H]2CN(S(=O)(=O)c3ccc(C)cc3)c3ccc(C)cc3O2)c1. The van der Waals surface area contributed by atoms with Crippen molar-refractivity contribution >= 4 is 21.6 Å². The van der Waals surface area contributed by atoms with Gasteiger partial charge in [0.15, 0.2) is 6.10 Å². The first-order valence-electron chi connectivity index (χ1n) is 11.2. The predicted octanol–water partition coefficient (Wildman–Crippen LogP) is 3.46. The summed E-state index contributed by atoms with van der Waals surface area (Å²) in [5.74, 6) is 1.22. The van der Waals surface area contributed by atoms with Gasteiger partial charge in [-0.25, -0.2) is 8.42 Å². The van der Waals surface area contributed by atoms with Crippen LogP contribution in [0.5, 0.6) is 17.2 Å². The van der Waals surface area contributed by atoms with E-state index in [0.717, 1.165) is 11.1 Å². The smallest absolute Gasteiger partial charge is 0.264 e. The van der Waals surface area contributed by atoms with Gasteiger partial charge in [-0.2, -0.15) is 0 Å². The maximum Gasteiger partial charge on any atom is 0.264 e. The number of rotatable bonds is 8. The van der Waals surface area contributed by atoms with Crippen molar-refractivity contribution in [1.82, 2.24) is 5.32 Å². The second-order valence-corrected chi connectivity index (χ2v) is 10.1. The summed E-state index contributed by atoms with van der Waals surface area (Å²) >= 11 is 0. The molecule has 4 rings (SSSR count). The molecule has 0 fully saturated rings. The highest BCUT2D eigenvalue weighted by atomic mass is 32.2. The second-order valence-electron chi connectivity index (χ2n) is 8.25. The molecule has 9 heteroatoms. The van der Waals surface area contributed by atoms with Crippen LogP contribution >= 0.6 is 0 Å². The van der Waals surface area contributed by atoms with Crippen molar-refractivity contribution in [3.05, 3.63) is 77.9 Å². The summed E-state index contributed by atoms with van der Waals surface area (Å²) in [5, 5.41) is 2.77. The van der Waals surface area contributed by atoms with E-state index in [1.165, 1.54) is 4.31 Å².